The van der Waals surface area contributed by atoms with E-state index in [0.29, 0.717) is 17.1 Å². The number of halogens is 1. The summed E-state index contributed by atoms with van der Waals surface area (Å²) in [6.45, 7) is 0. The van der Waals surface area contributed by atoms with Gasteiger partial charge in [0.1, 0.15) is 5.75 Å². The second kappa shape index (κ2) is 6.13. The van der Waals surface area contributed by atoms with Crippen molar-refractivity contribution in [3.05, 3.63) is 47.8 Å². The minimum absolute atomic E-state index is 0.0769. The average molecular weight is 290 g/mol. The van der Waals surface area contributed by atoms with E-state index in [9.17, 15) is 9.18 Å². The van der Waals surface area contributed by atoms with Gasteiger partial charge in [-0.15, -0.1) is 0 Å². The molecule has 0 aromatic heterocycles. The van der Waals surface area contributed by atoms with Crippen LogP contribution >= 0.6 is 0 Å². The van der Waals surface area contributed by atoms with Crippen molar-refractivity contribution in [2.24, 2.45) is 0 Å². The standard InChI is InChI=1S/C15H15FN2O3/c1-20-13-5-3-9(7-11(13)16)15(19)18-12-8-10(17)4-6-14(12)21-2/h3-8H,17H2,1-2H3,(H,18,19). The Morgan fingerprint density at radius 2 is 1.76 bits per heavy atom. The van der Waals surface area contributed by atoms with E-state index in [-0.39, 0.29) is 11.3 Å². The van der Waals surface area contributed by atoms with Crippen molar-refractivity contribution < 1.29 is 18.7 Å². The normalized spacial score (nSPS) is 10.0. The fourth-order valence-electron chi connectivity index (χ4n) is 1.83. The quantitative estimate of drug-likeness (QED) is 0.849. The van der Waals surface area contributed by atoms with E-state index >= 15 is 0 Å². The summed E-state index contributed by atoms with van der Waals surface area (Å²) >= 11 is 0. The molecule has 0 unspecified atom stereocenters. The van der Waals surface area contributed by atoms with Gasteiger partial charge in [-0.3, -0.25) is 4.79 Å². The maximum Gasteiger partial charge on any atom is 0.255 e. The van der Waals surface area contributed by atoms with Crippen LogP contribution in [0.5, 0.6) is 11.5 Å². The van der Waals surface area contributed by atoms with Crippen molar-refractivity contribution in [2.75, 3.05) is 25.3 Å². The van der Waals surface area contributed by atoms with E-state index in [1.807, 2.05) is 0 Å². The summed E-state index contributed by atoms with van der Waals surface area (Å²) in [5.41, 5.74) is 6.73. The summed E-state index contributed by atoms with van der Waals surface area (Å²) < 4.78 is 23.5. The zero-order valence-electron chi connectivity index (χ0n) is 11.6. The zero-order valence-corrected chi connectivity index (χ0v) is 11.6. The molecule has 0 atom stereocenters. The third-order valence-electron chi connectivity index (χ3n) is 2.89. The second-order valence-corrected chi connectivity index (χ2v) is 4.26. The highest BCUT2D eigenvalue weighted by Gasteiger charge is 2.12. The molecule has 0 aliphatic heterocycles. The maximum atomic E-state index is 13.6. The molecule has 21 heavy (non-hydrogen) atoms. The Balaban J connectivity index is 2.26. The van der Waals surface area contributed by atoms with E-state index in [4.69, 9.17) is 15.2 Å². The Bertz CT molecular complexity index is 674. The van der Waals surface area contributed by atoms with Gasteiger partial charge in [-0.1, -0.05) is 0 Å². The van der Waals surface area contributed by atoms with Crippen molar-refractivity contribution in [1.29, 1.82) is 0 Å². The smallest absolute Gasteiger partial charge is 0.255 e. The van der Waals surface area contributed by atoms with Crippen molar-refractivity contribution in [2.45, 2.75) is 0 Å². The Morgan fingerprint density at radius 3 is 2.38 bits per heavy atom. The van der Waals surface area contributed by atoms with Gasteiger partial charge < -0.3 is 20.5 Å². The molecular weight excluding hydrogens is 275 g/mol. The highest BCUT2D eigenvalue weighted by Crippen LogP contribution is 2.27. The lowest BCUT2D eigenvalue weighted by Crippen LogP contribution is -2.13. The van der Waals surface area contributed by atoms with E-state index in [1.54, 1.807) is 18.2 Å². The minimum Gasteiger partial charge on any atom is -0.495 e. The first-order chi connectivity index (χ1) is 10.0. The van der Waals surface area contributed by atoms with Gasteiger partial charge >= 0.3 is 0 Å². The molecule has 0 spiro atoms. The number of ether oxygens (including phenoxy) is 2. The molecule has 0 radical (unpaired) electrons. The Morgan fingerprint density at radius 1 is 1.10 bits per heavy atom. The number of anilines is 2. The predicted octanol–water partition coefficient (Wildman–Crippen LogP) is 2.68. The van der Waals surface area contributed by atoms with Crippen LogP contribution in [0.4, 0.5) is 15.8 Å². The zero-order chi connectivity index (χ0) is 15.4. The molecule has 0 bridgehead atoms. The third kappa shape index (κ3) is 3.22. The molecule has 0 aliphatic rings. The largest absolute Gasteiger partial charge is 0.495 e. The van der Waals surface area contributed by atoms with Gasteiger partial charge in [-0.2, -0.15) is 0 Å². The number of rotatable bonds is 4. The summed E-state index contributed by atoms with van der Waals surface area (Å²) in [6, 6.07) is 8.82. The second-order valence-electron chi connectivity index (χ2n) is 4.26. The molecule has 0 saturated carbocycles. The summed E-state index contributed by atoms with van der Waals surface area (Å²) in [6.07, 6.45) is 0. The van der Waals surface area contributed by atoms with Crippen molar-refractivity contribution in [3.63, 3.8) is 0 Å². The molecule has 0 heterocycles. The number of hydrogen-bond acceptors (Lipinski definition) is 4. The number of hydrogen-bond donors (Lipinski definition) is 2. The van der Waals surface area contributed by atoms with Crippen molar-refractivity contribution in [1.82, 2.24) is 0 Å². The molecule has 2 rings (SSSR count). The number of benzene rings is 2. The number of carbonyl (C=O) groups is 1. The number of nitrogen functional groups attached to an aromatic ring is 1. The number of nitrogens with one attached hydrogen (secondary N) is 1. The number of nitrogens with two attached hydrogens (primary N) is 1. The molecule has 110 valence electrons. The van der Waals surface area contributed by atoms with Crippen LogP contribution in [0.1, 0.15) is 10.4 Å². The fraction of sp³-hybridized carbons (Fsp3) is 0.133. The van der Waals surface area contributed by atoms with Crippen molar-refractivity contribution >= 4 is 17.3 Å². The SMILES string of the molecule is COc1ccc(C(=O)Nc2cc(N)ccc2OC)cc1F. The van der Waals surface area contributed by atoms with Gasteiger partial charge in [-0.25, -0.2) is 4.39 Å². The Kier molecular flexibility index (Phi) is 4.27. The lowest BCUT2D eigenvalue weighted by Gasteiger charge is -2.11. The van der Waals surface area contributed by atoms with Crippen molar-refractivity contribution in [3.8, 4) is 11.5 Å². The van der Waals surface area contributed by atoms with Crippen LogP contribution in [-0.4, -0.2) is 20.1 Å². The lowest BCUT2D eigenvalue weighted by molar-refractivity contribution is 0.102. The first-order valence-corrected chi connectivity index (χ1v) is 6.13. The molecule has 0 saturated heterocycles. The van der Waals surface area contributed by atoms with Crippen LogP contribution in [-0.2, 0) is 0 Å². The van der Waals surface area contributed by atoms with Gasteiger partial charge in [0.05, 0.1) is 19.9 Å². The summed E-state index contributed by atoms with van der Waals surface area (Å²) in [4.78, 5) is 12.1. The Labute approximate surface area is 121 Å². The van der Waals surface area contributed by atoms with Gasteiger partial charge in [0.25, 0.3) is 5.91 Å². The van der Waals surface area contributed by atoms with Crippen LogP contribution in [0.25, 0.3) is 0 Å². The fourth-order valence-corrected chi connectivity index (χ4v) is 1.83. The molecule has 5 nitrogen and oxygen atoms in total. The molecular formula is C15H15FN2O3. The van der Waals surface area contributed by atoms with Crippen LogP contribution in [0.3, 0.4) is 0 Å². The van der Waals surface area contributed by atoms with E-state index in [0.717, 1.165) is 6.07 Å². The van der Waals surface area contributed by atoms with Crippen LogP contribution < -0.4 is 20.5 Å². The predicted molar refractivity (Wildman–Crippen MR) is 78.3 cm³/mol. The van der Waals surface area contributed by atoms with Crippen LogP contribution in [0.15, 0.2) is 36.4 Å². The van der Waals surface area contributed by atoms with Gasteiger partial charge in [-0.05, 0) is 36.4 Å². The maximum absolute atomic E-state index is 13.6. The number of carbonyl (C=O) groups excluding carboxylic acids is 1. The topological polar surface area (TPSA) is 73.6 Å². The molecule has 3 N–H and O–H groups in total. The highest BCUT2D eigenvalue weighted by atomic mass is 19.1. The minimum atomic E-state index is -0.607. The van der Waals surface area contributed by atoms with Crippen LogP contribution in [0.2, 0.25) is 0 Å². The molecule has 0 fully saturated rings. The molecule has 0 aliphatic carbocycles. The number of methoxy groups -OCH3 is 2. The first-order valence-electron chi connectivity index (χ1n) is 6.13. The first kappa shape index (κ1) is 14.6. The molecule has 2 aromatic carbocycles. The van der Waals surface area contributed by atoms with Crippen LogP contribution in [0, 0.1) is 5.82 Å². The Hall–Kier alpha value is -2.76. The molecule has 2 aromatic rings. The molecule has 1 amide bonds. The van der Waals surface area contributed by atoms with Gasteiger partial charge in [0, 0.05) is 11.3 Å². The lowest BCUT2D eigenvalue weighted by atomic mass is 10.2. The van der Waals surface area contributed by atoms with E-state index < -0.39 is 11.7 Å². The average Bonchev–Trinajstić information content (AvgIpc) is 2.47. The highest BCUT2D eigenvalue weighted by molar-refractivity contribution is 6.05. The third-order valence-corrected chi connectivity index (χ3v) is 2.89. The summed E-state index contributed by atoms with van der Waals surface area (Å²) in [5, 5.41) is 2.63. The number of amides is 1. The monoisotopic (exact) mass is 290 g/mol. The summed E-state index contributed by atoms with van der Waals surface area (Å²) in [7, 11) is 2.84. The van der Waals surface area contributed by atoms with Gasteiger partial charge in [0.15, 0.2) is 11.6 Å². The van der Waals surface area contributed by atoms with E-state index in [2.05, 4.69) is 5.32 Å². The van der Waals surface area contributed by atoms with E-state index in [1.165, 1.54) is 26.4 Å². The molecule has 6 heteroatoms. The van der Waals surface area contributed by atoms with Gasteiger partial charge in [0.2, 0.25) is 0 Å². The summed E-state index contributed by atoms with van der Waals surface area (Å²) in [5.74, 6) is -0.537.